The van der Waals surface area contributed by atoms with Crippen LogP contribution in [-0.4, -0.2) is 16.2 Å². The molecule has 112 valence electrons. The van der Waals surface area contributed by atoms with E-state index in [0.29, 0.717) is 6.04 Å². The smallest absolute Gasteiger partial charge is 0.141 e. The molecule has 0 unspecified atom stereocenters. The van der Waals surface area contributed by atoms with Crippen molar-refractivity contribution in [2.24, 2.45) is 0 Å². The molecule has 1 saturated carbocycles. The van der Waals surface area contributed by atoms with E-state index in [1.54, 1.807) is 0 Å². The summed E-state index contributed by atoms with van der Waals surface area (Å²) in [5.41, 5.74) is 3.04. The predicted octanol–water partition coefficient (Wildman–Crippen LogP) is 4.49. The lowest BCUT2D eigenvalue weighted by Crippen LogP contribution is -2.18. The lowest BCUT2D eigenvalue weighted by Gasteiger charge is -2.16. The van der Waals surface area contributed by atoms with Gasteiger partial charge in [0.1, 0.15) is 11.6 Å². The van der Waals surface area contributed by atoms with Gasteiger partial charge in [-0.2, -0.15) is 0 Å². The highest BCUT2D eigenvalue weighted by Crippen LogP contribution is 2.27. The molecule has 0 aromatic carbocycles. The Balaban J connectivity index is 1.72. The van der Waals surface area contributed by atoms with Crippen molar-refractivity contribution < 1.29 is 4.52 Å². The number of aryl methyl sites for hydroxylation is 2. The lowest BCUT2D eigenvalue weighted by atomic mass is 10.1. The van der Waals surface area contributed by atoms with E-state index in [2.05, 4.69) is 27.6 Å². The Kier molecular flexibility index (Phi) is 4.23. The number of nitrogens with one attached hydrogen (secondary N) is 1. The standard InChI is InChI=1S/C17H23N3O/c1-12-17(13(2)21-20-12)14-9-10-16(18-11-14)19-15-7-5-3-4-6-8-15/h9-11,15H,3-8H2,1-2H3,(H,18,19). The molecule has 1 fully saturated rings. The quantitative estimate of drug-likeness (QED) is 0.844. The number of pyridine rings is 1. The first kappa shape index (κ1) is 14.1. The topological polar surface area (TPSA) is 51.0 Å². The minimum absolute atomic E-state index is 0.574. The molecule has 2 aromatic heterocycles. The van der Waals surface area contributed by atoms with Crippen LogP contribution in [0.15, 0.2) is 22.9 Å². The summed E-state index contributed by atoms with van der Waals surface area (Å²) in [5, 5.41) is 7.57. The number of hydrogen-bond donors (Lipinski definition) is 1. The van der Waals surface area contributed by atoms with Crippen LogP contribution < -0.4 is 5.32 Å². The van der Waals surface area contributed by atoms with Crippen LogP contribution in [0.3, 0.4) is 0 Å². The van der Waals surface area contributed by atoms with Gasteiger partial charge in [0.15, 0.2) is 0 Å². The van der Waals surface area contributed by atoms with E-state index in [0.717, 1.165) is 28.4 Å². The molecule has 2 heterocycles. The molecule has 0 aliphatic heterocycles. The van der Waals surface area contributed by atoms with Gasteiger partial charge in [0.25, 0.3) is 0 Å². The maximum Gasteiger partial charge on any atom is 0.141 e. The zero-order chi connectivity index (χ0) is 14.7. The number of rotatable bonds is 3. The molecular formula is C17H23N3O. The van der Waals surface area contributed by atoms with E-state index in [1.807, 2.05) is 20.0 Å². The number of aromatic nitrogens is 2. The van der Waals surface area contributed by atoms with Crippen molar-refractivity contribution in [1.29, 1.82) is 0 Å². The molecule has 0 bridgehead atoms. The summed E-state index contributed by atoms with van der Waals surface area (Å²) in [7, 11) is 0. The summed E-state index contributed by atoms with van der Waals surface area (Å²) in [6.45, 7) is 3.90. The maximum absolute atomic E-state index is 5.22. The van der Waals surface area contributed by atoms with Crippen molar-refractivity contribution >= 4 is 5.82 Å². The van der Waals surface area contributed by atoms with Gasteiger partial charge in [0, 0.05) is 23.4 Å². The molecule has 2 aromatic rings. The first-order chi connectivity index (χ1) is 10.2. The molecule has 0 amide bonds. The molecule has 21 heavy (non-hydrogen) atoms. The minimum Gasteiger partial charge on any atom is -0.367 e. The highest BCUT2D eigenvalue weighted by atomic mass is 16.5. The first-order valence-corrected chi connectivity index (χ1v) is 7.90. The molecule has 0 atom stereocenters. The molecule has 4 heteroatoms. The highest BCUT2D eigenvalue weighted by molar-refractivity contribution is 5.67. The van der Waals surface area contributed by atoms with Crippen molar-refractivity contribution in [3.8, 4) is 11.1 Å². The maximum atomic E-state index is 5.22. The van der Waals surface area contributed by atoms with Crippen molar-refractivity contribution in [2.75, 3.05) is 5.32 Å². The Morgan fingerprint density at radius 2 is 1.86 bits per heavy atom. The van der Waals surface area contributed by atoms with Crippen LogP contribution in [0.4, 0.5) is 5.82 Å². The summed E-state index contributed by atoms with van der Waals surface area (Å²) in [4.78, 5) is 4.56. The second-order valence-corrected chi connectivity index (χ2v) is 5.96. The van der Waals surface area contributed by atoms with E-state index >= 15 is 0 Å². The summed E-state index contributed by atoms with van der Waals surface area (Å²) in [5.74, 6) is 1.82. The fourth-order valence-electron chi connectivity index (χ4n) is 3.16. The van der Waals surface area contributed by atoms with E-state index in [1.165, 1.54) is 38.5 Å². The molecular weight excluding hydrogens is 262 g/mol. The van der Waals surface area contributed by atoms with Crippen LogP contribution in [0.5, 0.6) is 0 Å². The SMILES string of the molecule is Cc1noc(C)c1-c1ccc(NC2CCCCCC2)nc1. The van der Waals surface area contributed by atoms with Crippen LogP contribution in [0, 0.1) is 13.8 Å². The number of nitrogens with zero attached hydrogens (tertiary/aromatic N) is 2. The third-order valence-corrected chi connectivity index (χ3v) is 4.29. The molecule has 1 aliphatic carbocycles. The van der Waals surface area contributed by atoms with Gasteiger partial charge in [-0.3, -0.25) is 0 Å². The molecule has 4 nitrogen and oxygen atoms in total. The first-order valence-electron chi connectivity index (χ1n) is 7.90. The van der Waals surface area contributed by atoms with Gasteiger partial charge in [0.2, 0.25) is 0 Å². The van der Waals surface area contributed by atoms with Crippen LogP contribution in [0.2, 0.25) is 0 Å². The second-order valence-electron chi connectivity index (χ2n) is 5.96. The van der Waals surface area contributed by atoms with Crippen molar-refractivity contribution in [3.63, 3.8) is 0 Å². The Hall–Kier alpha value is -1.84. The Labute approximate surface area is 126 Å². The Bertz CT molecular complexity index is 561. The normalized spacial score (nSPS) is 16.7. The molecule has 3 rings (SSSR count). The third-order valence-electron chi connectivity index (χ3n) is 4.29. The van der Waals surface area contributed by atoms with E-state index in [4.69, 9.17) is 4.52 Å². The van der Waals surface area contributed by atoms with Gasteiger partial charge in [-0.1, -0.05) is 30.8 Å². The third kappa shape index (κ3) is 3.26. The van der Waals surface area contributed by atoms with Crippen molar-refractivity contribution in [3.05, 3.63) is 29.8 Å². The zero-order valence-corrected chi connectivity index (χ0v) is 12.9. The fourth-order valence-corrected chi connectivity index (χ4v) is 3.16. The van der Waals surface area contributed by atoms with Gasteiger partial charge in [-0.25, -0.2) is 4.98 Å². The summed E-state index contributed by atoms with van der Waals surface area (Å²) < 4.78 is 5.22. The molecule has 0 radical (unpaired) electrons. The highest BCUT2D eigenvalue weighted by Gasteiger charge is 2.14. The van der Waals surface area contributed by atoms with E-state index < -0.39 is 0 Å². The minimum atomic E-state index is 0.574. The van der Waals surface area contributed by atoms with E-state index in [-0.39, 0.29) is 0 Å². The van der Waals surface area contributed by atoms with Gasteiger partial charge in [-0.05, 0) is 38.8 Å². The number of hydrogen-bond acceptors (Lipinski definition) is 4. The molecule has 0 saturated heterocycles. The van der Waals surface area contributed by atoms with E-state index in [9.17, 15) is 0 Å². The van der Waals surface area contributed by atoms with Gasteiger partial charge in [-0.15, -0.1) is 0 Å². The van der Waals surface area contributed by atoms with Crippen LogP contribution in [-0.2, 0) is 0 Å². The number of anilines is 1. The van der Waals surface area contributed by atoms with Crippen LogP contribution >= 0.6 is 0 Å². The van der Waals surface area contributed by atoms with Gasteiger partial charge < -0.3 is 9.84 Å². The predicted molar refractivity (Wildman–Crippen MR) is 84.3 cm³/mol. The van der Waals surface area contributed by atoms with Gasteiger partial charge in [0.05, 0.1) is 5.69 Å². The fraction of sp³-hybridized carbons (Fsp3) is 0.529. The largest absolute Gasteiger partial charge is 0.367 e. The van der Waals surface area contributed by atoms with Crippen LogP contribution in [0.1, 0.15) is 50.0 Å². The average molecular weight is 285 g/mol. The molecule has 1 aliphatic rings. The van der Waals surface area contributed by atoms with Gasteiger partial charge >= 0.3 is 0 Å². The monoisotopic (exact) mass is 285 g/mol. The molecule has 0 spiro atoms. The van der Waals surface area contributed by atoms with Crippen LogP contribution in [0.25, 0.3) is 11.1 Å². The average Bonchev–Trinajstić information content (AvgIpc) is 2.69. The van der Waals surface area contributed by atoms with Crippen molar-refractivity contribution in [2.45, 2.75) is 58.4 Å². The molecule has 1 N–H and O–H groups in total. The zero-order valence-electron chi connectivity index (χ0n) is 12.9. The Morgan fingerprint density at radius 3 is 2.43 bits per heavy atom. The summed E-state index contributed by atoms with van der Waals surface area (Å²) >= 11 is 0. The second kappa shape index (κ2) is 6.29. The Morgan fingerprint density at radius 1 is 1.10 bits per heavy atom. The lowest BCUT2D eigenvalue weighted by molar-refractivity contribution is 0.393. The summed E-state index contributed by atoms with van der Waals surface area (Å²) in [6.07, 6.45) is 9.82. The van der Waals surface area contributed by atoms with Crippen molar-refractivity contribution in [1.82, 2.24) is 10.1 Å². The summed E-state index contributed by atoms with van der Waals surface area (Å²) in [6, 6.07) is 4.73.